The summed E-state index contributed by atoms with van der Waals surface area (Å²) in [6.45, 7) is 5.05. The molecule has 25 heavy (non-hydrogen) atoms. The van der Waals surface area contributed by atoms with Gasteiger partial charge in [0.2, 0.25) is 0 Å². The van der Waals surface area contributed by atoms with Crippen LogP contribution in [0.3, 0.4) is 0 Å². The van der Waals surface area contributed by atoms with Gasteiger partial charge in [-0.25, -0.2) is 9.37 Å². The maximum Gasteiger partial charge on any atom is 0.258 e. The molecule has 0 atom stereocenters. The van der Waals surface area contributed by atoms with Crippen LogP contribution in [0, 0.1) is 5.82 Å². The van der Waals surface area contributed by atoms with Crippen molar-refractivity contribution in [3.63, 3.8) is 0 Å². The Labute approximate surface area is 149 Å². The van der Waals surface area contributed by atoms with E-state index in [2.05, 4.69) is 22.1 Å². The first kappa shape index (κ1) is 16.2. The lowest BCUT2D eigenvalue weighted by Crippen LogP contribution is -2.29. The summed E-state index contributed by atoms with van der Waals surface area (Å²) in [4.78, 5) is 20.8. The van der Waals surface area contributed by atoms with Crippen LogP contribution in [0.4, 0.5) is 9.52 Å². The van der Waals surface area contributed by atoms with Crippen molar-refractivity contribution in [2.45, 2.75) is 19.9 Å². The number of nitrogens with one attached hydrogen (secondary N) is 1. The fraction of sp³-hybridized carbons (Fsp3) is 0.263. The smallest absolute Gasteiger partial charge is 0.258 e. The maximum atomic E-state index is 13.9. The molecule has 0 unspecified atom stereocenters. The minimum atomic E-state index is -0.323. The molecule has 4 nitrogen and oxygen atoms in total. The van der Waals surface area contributed by atoms with Crippen LogP contribution in [0.15, 0.2) is 36.4 Å². The number of rotatable bonds is 3. The molecule has 1 aromatic heterocycles. The average Bonchev–Trinajstić information content (AvgIpc) is 3.03. The summed E-state index contributed by atoms with van der Waals surface area (Å²) in [6, 6.07) is 9.88. The molecule has 4 rings (SSSR count). The Kier molecular flexibility index (Phi) is 4.23. The van der Waals surface area contributed by atoms with Crippen molar-refractivity contribution in [3.05, 3.63) is 58.3 Å². The van der Waals surface area contributed by atoms with E-state index in [9.17, 15) is 9.18 Å². The number of halogens is 1. The van der Waals surface area contributed by atoms with Crippen LogP contribution >= 0.6 is 11.3 Å². The molecule has 0 saturated carbocycles. The minimum Gasteiger partial charge on any atom is -0.298 e. The van der Waals surface area contributed by atoms with Gasteiger partial charge in [0.15, 0.2) is 5.13 Å². The Balaban J connectivity index is 1.61. The number of aromatic nitrogens is 1. The van der Waals surface area contributed by atoms with E-state index in [1.54, 1.807) is 24.3 Å². The van der Waals surface area contributed by atoms with Gasteiger partial charge in [0, 0.05) is 35.3 Å². The van der Waals surface area contributed by atoms with Gasteiger partial charge in [0.25, 0.3) is 5.91 Å². The van der Waals surface area contributed by atoms with Gasteiger partial charge in [-0.05, 0) is 24.1 Å². The van der Waals surface area contributed by atoms with Crippen molar-refractivity contribution in [1.29, 1.82) is 0 Å². The maximum absolute atomic E-state index is 13.9. The number of hydrogen-bond donors (Lipinski definition) is 1. The van der Waals surface area contributed by atoms with Crippen LogP contribution in [0.2, 0.25) is 0 Å². The summed E-state index contributed by atoms with van der Waals surface area (Å²) in [5, 5.41) is 4.56. The van der Waals surface area contributed by atoms with E-state index >= 15 is 0 Å². The fourth-order valence-corrected chi connectivity index (χ4v) is 4.24. The van der Waals surface area contributed by atoms with Crippen LogP contribution in [0.5, 0.6) is 0 Å². The van der Waals surface area contributed by atoms with Crippen LogP contribution in [0.25, 0.3) is 10.8 Å². The van der Waals surface area contributed by atoms with E-state index in [0.717, 1.165) is 31.7 Å². The van der Waals surface area contributed by atoms with Crippen LogP contribution in [0.1, 0.15) is 27.9 Å². The summed E-state index contributed by atoms with van der Waals surface area (Å²) in [5.41, 5.74) is 1.54. The molecule has 0 bridgehead atoms. The van der Waals surface area contributed by atoms with E-state index in [0.29, 0.717) is 21.5 Å². The molecule has 0 aliphatic carbocycles. The highest BCUT2D eigenvalue weighted by molar-refractivity contribution is 7.15. The molecule has 3 aromatic rings. The first-order valence-corrected chi connectivity index (χ1v) is 9.17. The normalized spacial score (nSPS) is 14.5. The second-order valence-electron chi connectivity index (χ2n) is 6.10. The highest BCUT2D eigenvalue weighted by Gasteiger charge is 2.21. The number of carbonyl (C=O) groups excluding carboxylic acids is 1. The van der Waals surface area contributed by atoms with Crippen molar-refractivity contribution in [2.24, 2.45) is 0 Å². The first-order valence-electron chi connectivity index (χ1n) is 8.35. The standard InChI is InChI=1S/C19H18FN3OS/c1-2-23-10-9-16-17(11-23)25-19(21-16)22-18(24)14-7-8-15(20)13-6-4-3-5-12(13)14/h3-8H,2,9-11H2,1H3,(H,21,22,24). The molecule has 0 spiro atoms. The molecule has 2 aromatic carbocycles. The Morgan fingerprint density at radius 2 is 2.08 bits per heavy atom. The quantitative estimate of drug-likeness (QED) is 0.770. The van der Waals surface area contributed by atoms with Gasteiger partial charge in [0.05, 0.1) is 5.69 Å². The number of hydrogen-bond acceptors (Lipinski definition) is 4. The molecule has 0 radical (unpaired) electrons. The summed E-state index contributed by atoms with van der Waals surface area (Å²) >= 11 is 1.53. The predicted octanol–water partition coefficient (Wildman–Crippen LogP) is 4.07. The molecule has 1 aliphatic heterocycles. The number of fused-ring (bicyclic) bond motifs is 2. The number of nitrogens with zero attached hydrogens (tertiary/aromatic N) is 2. The second-order valence-corrected chi connectivity index (χ2v) is 7.19. The van der Waals surface area contributed by atoms with E-state index in [1.165, 1.54) is 28.3 Å². The summed E-state index contributed by atoms with van der Waals surface area (Å²) in [7, 11) is 0. The van der Waals surface area contributed by atoms with Crippen LogP contribution in [-0.2, 0) is 13.0 Å². The third kappa shape index (κ3) is 3.03. The highest BCUT2D eigenvalue weighted by Crippen LogP contribution is 2.29. The third-order valence-electron chi connectivity index (χ3n) is 4.59. The zero-order chi connectivity index (χ0) is 17.4. The van der Waals surface area contributed by atoms with Crippen LogP contribution in [-0.4, -0.2) is 28.9 Å². The molecule has 2 heterocycles. The topological polar surface area (TPSA) is 45.2 Å². The fourth-order valence-electron chi connectivity index (χ4n) is 3.20. The monoisotopic (exact) mass is 355 g/mol. The molecule has 0 saturated heterocycles. The Morgan fingerprint density at radius 1 is 1.28 bits per heavy atom. The lowest BCUT2D eigenvalue weighted by molar-refractivity contribution is 0.102. The zero-order valence-corrected chi connectivity index (χ0v) is 14.7. The summed E-state index contributed by atoms with van der Waals surface area (Å²) in [6.07, 6.45) is 0.912. The van der Waals surface area contributed by atoms with Crippen molar-refractivity contribution >= 4 is 33.1 Å². The largest absolute Gasteiger partial charge is 0.298 e. The first-order chi connectivity index (χ1) is 12.2. The number of amides is 1. The predicted molar refractivity (Wildman–Crippen MR) is 98.6 cm³/mol. The van der Waals surface area contributed by atoms with Gasteiger partial charge in [-0.2, -0.15) is 0 Å². The van der Waals surface area contributed by atoms with Crippen molar-refractivity contribution in [2.75, 3.05) is 18.4 Å². The average molecular weight is 355 g/mol. The Hall–Kier alpha value is -2.31. The number of benzene rings is 2. The lowest BCUT2D eigenvalue weighted by atomic mass is 10.0. The SMILES string of the molecule is CCN1CCc2nc(NC(=O)c3ccc(F)c4ccccc34)sc2C1. The van der Waals surface area contributed by atoms with Gasteiger partial charge in [-0.1, -0.05) is 31.2 Å². The molecular formula is C19H18FN3OS. The van der Waals surface area contributed by atoms with E-state index in [4.69, 9.17) is 0 Å². The second kappa shape index (κ2) is 6.54. The molecule has 1 amide bonds. The van der Waals surface area contributed by atoms with Gasteiger partial charge in [-0.15, -0.1) is 11.3 Å². The molecule has 128 valence electrons. The third-order valence-corrected chi connectivity index (χ3v) is 5.59. The number of anilines is 1. The molecular weight excluding hydrogens is 337 g/mol. The molecule has 6 heteroatoms. The lowest BCUT2D eigenvalue weighted by Gasteiger charge is -2.23. The number of thiazole rings is 1. The molecule has 0 fully saturated rings. The molecule has 1 N–H and O–H groups in total. The number of likely N-dealkylation sites (N-methyl/N-ethyl adjacent to an activating group) is 1. The van der Waals surface area contributed by atoms with E-state index in [1.807, 2.05) is 0 Å². The van der Waals surface area contributed by atoms with Gasteiger partial charge >= 0.3 is 0 Å². The van der Waals surface area contributed by atoms with Crippen LogP contribution < -0.4 is 5.32 Å². The minimum absolute atomic E-state index is 0.255. The van der Waals surface area contributed by atoms with E-state index in [-0.39, 0.29) is 11.7 Å². The summed E-state index contributed by atoms with van der Waals surface area (Å²) < 4.78 is 13.9. The van der Waals surface area contributed by atoms with Gasteiger partial charge in [0.1, 0.15) is 5.82 Å². The van der Waals surface area contributed by atoms with Crippen molar-refractivity contribution in [3.8, 4) is 0 Å². The zero-order valence-electron chi connectivity index (χ0n) is 13.9. The number of carbonyl (C=O) groups is 1. The van der Waals surface area contributed by atoms with E-state index < -0.39 is 0 Å². The molecule has 1 aliphatic rings. The Morgan fingerprint density at radius 3 is 2.88 bits per heavy atom. The van der Waals surface area contributed by atoms with Crippen molar-refractivity contribution in [1.82, 2.24) is 9.88 Å². The summed E-state index contributed by atoms with van der Waals surface area (Å²) in [5.74, 6) is -0.578. The van der Waals surface area contributed by atoms with Gasteiger partial charge in [-0.3, -0.25) is 15.0 Å². The Bertz CT molecular complexity index is 953. The van der Waals surface area contributed by atoms with Crippen molar-refractivity contribution < 1.29 is 9.18 Å². The highest BCUT2D eigenvalue weighted by atomic mass is 32.1. The van der Waals surface area contributed by atoms with Gasteiger partial charge < -0.3 is 0 Å².